The molecule has 0 aliphatic heterocycles. The molecule has 1 aliphatic carbocycles. The van der Waals surface area contributed by atoms with E-state index in [-0.39, 0.29) is 10.8 Å². The molecule has 0 fully saturated rings. The van der Waals surface area contributed by atoms with Gasteiger partial charge in [0, 0.05) is 88.7 Å². The van der Waals surface area contributed by atoms with Gasteiger partial charge in [0.1, 0.15) is 15.0 Å². The van der Waals surface area contributed by atoms with Crippen molar-refractivity contribution in [3.63, 3.8) is 0 Å². The summed E-state index contributed by atoms with van der Waals surface area (Å²) in [5.74, 6) is 0. The van der Waals surface area contributed by atoms with E-state index in [1.165, 1.54) is 33.4 Å². The first-order valence-corrected chi connectivity index (χ1v) is 38.2. The quantitative estimate of drug-likeness (QED) is 0.137. The van der Waals surface area contributed by atoms with Crippen LogP contribution < -0.4 is 0 Å². The molecule has 21 rings (SSSR count). The van der Waals surface area contributed by atoms with Crippen molar-refractivity contribution >= 4 is 110 Å². The monoisotopic (exact) mass is 1410 g/mol. The molecule has 14 aromatic carbocycles. The molecule has 0 saturated carbocycles. The van der Waals surface area contributed by atoms with Crippen LogP contribution in [-0.2, 0) is 16.2 Å². The summed E-state index contributed by atoms with van der Waals surface area (Å²) in [6.07, 6.45) is 1.98. The van der Waals surface area contributed by atoms with E-state index in [0.717, 1.165) is 163 Å². The lowest BCUT2D eigenvalue weighted by molar-refractivity contribution is 0.590. The van der Waals surface area contributed by atoms with Crippen LogP contribution in [0.5, 0.6) is 0 Å². The summed E-state index contributed by atoms with van der Waals surface area (Å²) in [6, 6.07) is 105. The molecule has 0 atom stereocenters. The van der Waals surface area contributed by atoms with Crippen molar-refractivity contribution in [1.82, 2.24) is 33.4 Å². The Bertz CT molecular complexity index is 6790. The van der Waals surface area contributed by atoms with Crippen molar-refractivity contribution in [1.29, 1.82) is 0 Å². The van der Waals surface area contributed by atoms with Crippen molar-refractivity contribution in [2.24, 2.45) is 0 Å². The maximum atomic E-state index is 9.76. The molecule has 0 unspecified atom stereocenters. The summed E-state index contributed by atoms with van der Waals surface area (Å²) in [5.41, 5.74) is 23.8. The number of benzene rings is 14. The average Bonchev–Trinajstić information content (AvgIpc) is 1.55. The maximum Gasteiger partial charge on any atom is 0.148 e. The molecule has 0 saturated heterocycles. The van der Waals surface area contributed by atoms with Crippen LogP contribution in [0.15, 0.2) is 322 Å². The number of rotatable bonds is 10. The Kier molecular flexibility index (Phi) is 13.0. The van der Waals surface area contributed by atoms with E-state index >= 15 is 0 Å². The number of hydrogen-bond acceptors (Lipinski definition) is 5. The summed E-state index contributed by atoms with van der Waals surface area (Å²) >= 11 is 3.27. The molecule has 7 nitrogen and oxygen atoms in total. The Hall–Kier alpha value is -12.5. The van der Waals surface area contributed by atoms with Crippen LogP contribution >= 0.6 is 22.7 Å². The van der Waals surface area contributed by atoms with Crippen LogP contribution in [0, 0.1) is 0 Å². The third-order valence-electron chi connectivity index (χ3n) is 22.4. The van der Waals surface area contributed by atoms with Gasteiger partial charge < -0.3 is 18.3 Å². The van der Waals surface area contributed by atoms with Crippen LogP contribution in [0.3, 0.4) is 0 Å². The Balaban J connectivity index is 0.692. The number of para-hydroxylation sites is 4. The average molecular weight is 1410 g/mol. The van der Waals surface area contributed by atoms with Gasteiger partial charge in [-0.05, 0) is 170 Å². The minimum atomic E-state index is -0.786. The van der Waals surface area contributed by atoms with E-state index < -0.39 is 5.41 Å². The number of thiazole rings is 1. The number of fused-ring (bicyclic) bond motifs is 17. The van der Waals surface area contributed by atoms with Gasteiger partial charge in [-0.15, -0.1) is 21.5 Å². The largest absolute Gasteiger partial charge is 0.309 e. The summed E-state index contributed by atoms with van der Waals surface area (Å²) in [7, 11) is 0. The van der Waals surface area contributed by atoms with E-state index in [1.54, 1.807) is 22.7 Å². The Labute approximate surface area is 633 Å². The van der Waals surface area contributed by atoms with E-state index in [1.807, 2.05) is 54.7 Å². The van der Waals surface area contributed by atoms with Crippen LogP contribution in [0.4, 0.5) is 0 Å². The van der Waals surface area contributed by atoms with E-state index in [2.05, 4.69) is 313 Å². The van der Waals surface area contributed by atoms with Gasteiger partial charge in [-0.1, -0.05) is 259 Å². The maximum absolute atomic E-state index is 9.76. The molecule has 0 amide bonds. The fraction of sp³-hybridized carbons (Fsp3) is 0.0918. The molecular weight excluding hydrogens is 1340 g/mol. The first kappa shape index (κ1) is 58.8. The van der Waals surface area contributed by atoms with Crippen LogP contribution in [0.1, 0.15) is 80.4 Å². The Morgan fingerprint density at radius 2 is 0.664 bits per heavy atom. The summed E-state index contributed by atoms with van der Waals surface area (Å²) in [5, 5.41) is 19.9. The number of nitrogens with zero attached hydrogens (tertiary/aromatic N) is 7. The highest BCUT2D eigenvalue weighted by atomic mass is 32.1. The van der Waals surface area contributed by atoms with Gasteiger partial charge in [0.25, 0.3) is 0 Å². The van der Waals surface area contributed by atoms with Crippen LogP contribution in [0.2, 0.25) is 0 Å². The first-order valence-electron chi connectivity index (χ1n) is 38.5. The Morgan fingerprint density at radius 1 is 0.308 bits per heavy atom. The van der Waals surface area contributed by atoms with E-state index in [4.69, 9.17) is 4.98 Å². The molecule has 20 aromatic rings. The molecule has 6 heterocycles. The van der Waals surface area contributed by atoms with Gasteiger partial charge in [-0.3, -0.25) is 0 Å². The van der Waals surface area contributed by atoms with Gasteiger partial charge in [-0.2, -0.15) is 0 Å². The van der Waals surface area contributed by atoms with Crippen molar-refractivity contribution in [2.45, 2.75) is 57.8 Å². The van der Waals surface area contributed by atoms with E-state index in [0.29, 0.717) is 24.2 Å². The highest BCUT2D eigenvalue weighted by Gasteiger charge is 2.46. The van der Waals surface area contributed by atoms with Crippen molar-refractivity contribution in [3.05, 3.63) is 355 Å². The SMILES string of the molecule is [2H]c1cccc2c3c(ccc4c5cccc([2H])c5n(-c5ccc(C6(c7ccc(-n8c9c([2H])cccc9c9ccc%10c(c%11cccc([2H])c%11n%10-c%10ccc(-c%11nnc(-c%12ccc(C(C)(C)C)cc%12)s%11)cc%10)c98)cc7)c7ccccc7-c7ccccc76)cc5)c43)n(-c3ccc(-c4ncc(-c5ccc(C(C)(C)C)cc5)s4)cc3)c12. The smallest absolute Gasteiger partial charge is 0.148 e. The van der Waals surface area contributed by atoms with Crippen molar-refractivity contribution in [2.75, 3.05) is 0 Å². The molecule has 107 heavy (non-hydrogen) atoms. The lowest BCUT2D eigenvalue weighted by Gasteiger charge is -2.34. The predicted molar refractivity (Wildman–Crippen MR) is 449 cm³/mol. The second-order valence-electron chi connectivity index (χ2n) is 30.4. The lowest BCUT2D eigenvalue weighted by Crippen LogP contribution is -2.28. The molecule has 0 radical (unpaired) electrons. The first-order chi connectivity index (χ1) is 54.0. The zero-order valence-corrected chi connectivity index (χ0v) is 61.4. The molecule has 9 heteroatoms. The third-order valence-corrected chi connectivity index (χ3v) is 24.5. The van der Waals surface area contributed by atoms with Crippen molar-refractivity contribution < 1.29 is 5.48 Å². The zero-order chi connectivity index (χ0) is 75.1. The standard InChI is InChI=1S/C98H71N7S2/c1-96(2,3)64-39-31-60(32-40-64)88-59-99-93(106-88)61-35-47-68(48-36-61)102-84-29-17-11-23-78(84)89-86(102)57-55-76-74-21-9-15-27-82(74)104(91(76)89)70-51-43-66(44-52-70)98(80-25-13-7-19-72(80)73-20-8-14-26-81(73)98)67-45-53-71(54-46-67)105-83-28-16-10-22-75(83)77-56-58-87-90(92(77)105)79-24-12-18-30-85(79)103(87)69-49-37-63(38-50-69)95-101-100-94(107-95)62-33-41-65(42-34-62)97(4,5)6/h7-59H,1-6H3/i27D,28D,29D,30D. The number of hydrogen-bond donors (Lipinski definition) is 0. The number of aromatic nitrogens is 7. The second-order valence-corrected chi connectivity index (χ2v) is 32.4. The molecule has 6 aromatic heterocycles. The Morgan fingerprint density at radius 3 is 1.09 bits per heavy atom. The fourth-order valence-corrected chi connectivity index (χ4v) is 19.0. The van der Waals surface area contributed by atoms with Gasteiger partial charge in [-0.25, -0.2) is 4.98 Å². The molecule has 0 spiro atoms. The summed E-state index contributed by atoms with van der Waals surface area (Å²) < 4.78 is 47.8. The summed E-state index contributed by atoms with van der Waals surface area (Å²) in [6.45, 7) is 13.4. The van der Waals surface area contributed by atoms with Crippen LogP contribution in [0.25, 0.3) is 163 Å². The fourth-order valence-electron chi connectivity index (χ4n) is 17.3. The van der Waals surface area contributed by atoms with Crippen molar-refractivity contribution in [3.8, 4) is 76.0 Å². The molecule has 0 bridgehead atoms. The lowest BCUT2D eigenvalue weighted by atomic mass is 9.67. The summed E-state index contributed by atoms with van der Waals surface area (Å²) in [4.78, 5) is 6.05. The van der Waals surface area contributed by atoms with Crippen LogP contribution in [-0.4, -0.2) is 33.4 Å². The van der Waals surface area contributed by atoms with Gasteiger partial charge >= 0.3 is 0 Å². The minimum Gasteiger partial charge on any atom is -0.309 e. The predicted octanol–water partition coefficient (Wildman–Crippen LogP) is 26.0. The van der Waals surface area contributed by atoms with Gasteiger partial charge in [0.05, 0.1) is 59.9 Å². The molecule has 510 valence electrons. The topological polar surface area (TPSA) is 58.4 Å². The second kappa shape index (κ2) is 23.7. The molecule has 1 aliphatic rings. The molecular formula is C98H71N7S2. The highest BCUT2D eigenvalue weighted by molar-refractivity contribution is 7.18. The zero-order valence-electron chi connectivity index (χ0n) is 63.7. The van der Waals surface area contributed by atoms with Gasteiger partial charge in [0.15, 0.2) is 0 Å². The third kappa shape index (κ3) is 9.60. The van der Waals surface area contributed by atoms with E-state index in [9.17, 15) is 5.48 Å². The minimum absolute atomic E-state index is 0.0501. The molecule has 0 N–H and O–H groups in total. The normalized spacial score (nSPS) is 13.6. The van der Waals surface area contributed by atoms with Gasteiger partial charge in [0.2, 0.25) is 0 Å². The highest BCUT2D eigenvalue weighted by Crippen LogP contribution is 2.57.